The summed E-state index contributed by atoms with van der Waals surface area (Å²) in [6, 6.07) is 5.99. The van der Waals surface area contributed by atoms with Crippen LogP contribution in [0.3, 0.4) is 0 Å². The van der Waals surface area contributed by atoms with Gasteiger partial charge in [-0.2, -0.15) is 5.26 Å². The Kier molecular flexibility index (Phi) is 3.63. The van der Waals surface area contributed by atoms with Crippen molar-refractivity contribution in [3.8, 4) is 6.07 Å². The van der Waals surface area contributed by atoms with Crippen molar-refractivity contribution in [1.82, 2.24) is 5.32 Å². The summed E-state index contributed by atoms with van der Waals surface area (Å²) in [6.07, 6.45) is 7.71. The topological polar surface area (TPSA) is 52.9 Å². The second-order valence-corrected chi connectivity index (χ2v) is 8.28. The van der Waals surface area contributed by atoms with E-state index in [1.165, 1.54) is 50.7 Å². The predicted octanol–water partition coefficient (Wildman–Crippen LogP) is 4.03. The van der Waals surface area contributed by atoms with E-state index in [1.807, 2.05) is 6.07 Å². The highest BCUT2D eigenvalue weighted by molar-refractivity contribution is 5.94. The Morgan fingerprint density at radius 2 is 1.83 bits per heavy atom. The van der Waals surface area contributed by atoms with Gasteiger partial charge >= 0.3 is 0 Å². The van der Waals surface area contributed by atoms with Crippen molar-refractivity contribution in [2.75, 3.05) is 0 Å². The summed E-state index contributed by atoms with van der Waals surface area (Å²) in [4.78, 5) is 12.5. The maximum absolute atomic E-state index is 14.1. The second kappa shape index (κ2) is 5.58. The van der Waals surface area contributed by atoms with Crippen LogP contribution < -0.4 is 5.32 Å². The van der Waals surface area contributed by atoms with Crippen molar-refractivity contribution < 1.29 is 9.18 Å². The number of nitriles is 1. The van der Waals surface area contributed by atoms with E-state index in [1.54, 1.807) is 0 Å². The van der Waals surface area contributed by atoms with Crippen molar-refractivity contribution >= 4 is 5.91 Å². The molecular weight excluding hydrogens is 303 g/mol. The zero-order chi connectivity index (χ0) is 16.9. The Balaban J connectivity index is 1.51. The van der Waals surface area contributed by atoms with Gasteiger partial charge in [0, 0.05) is 6.04 Å². The van der Waals surface area contributed by atoms with Gasteiger partial charge in [0.05, 0.1) is 17.2 Å². The minimum absolute atomic E-state index is 0.0329. The van der Waals surface area contributed by atoms with E-state index in [9.17, 15) is 9.18 Å². The molecule has 4 bridgehead atoms. The third kappa shape index (κ3) is 2.51. The number of rotatable bonds is 3. The number of nitrogens with zero attached hydrogens (tertiary/aromatic N) is 1. The number of halogens is 1. The fourth-order valence-electron chi connectivity index (χ4n) is 5.90. The van der Waals surface area contributed by atoms with Crippen LogP contribution in [0.2, 0.25) is 0 Å². The van der Waals surface area contributed by atoms with Gasteiger partial charge in [-0.1, -0.05) is 0 Å². The van der Waals surface area contributed by atoms with Crippen LogP contribution in [-0.2, 0) is 0 Å². The van der Waals surface area contributed by atoms with Crippen molar-refractivity contribution in [2.45, 2.75) is 51.5 Å². The molecule has 3 nitrogen and oxygen atoms in total. The molecule has 1 aromatic rings. The van der Waals surface area contributed by atoms with Crippen molar-refractivity contribution in [1.29, 1.82) is 5.26 Å². The molecular formula is C20H23FN2O. The maximum Gasteiger partial charge on any atom is 0.254 e. The molecule has 4 aliphatic carbocycles. The van der Waals surface area contributed by atoms with Crippen molar-refractivity contribution in [2.24, 2.45) is 23.2 Å². The van der Waals surface area contributed by atoms with Gasteiger partial charge in [-0.15, -0.1) is 0 Å². The fraction of sp³-hybridized carbons (Fsp3) is 0.600. The van der Waals surface area contributed by atoms with Gasteiger partial charge in [0.2, 0.25) is 0 Å². The molecule has 24 heavy (non-hydrogen) atoms. The quantitative estimate of drug-likeness (QED) is 0.911. The summed E-state index contributed by atoms with van der Waals surface area (Å²) in [5, 5.41) is 11.9. The number of carbonyl (C=O) groups is 1. The van der Waals surface area contributed by atoms with Gasteiger partial charge in [0.25, 0.3) is 5.91 Å². The lowest BCUT2D eigenvalue weighted by Gasteiger charge is -2.59. The average molecular weight is 326 g/mol. The van der Waals surface area contributed by atoms with E-state index in [0.717, 1.165) is 23.8 Å². The van der Waals surface area contributed by atoms with Crippen LogP contribution in [0.1, 0.15) is 61.4 Å². The zero-order valence-corrected chi connectivity index (χ0v) is 14.0. The Hall–Kier alpha value is -1.89. The molecule has 0 unspecified atom stereocenters. The van der Waals surface area contributed by atoms with Gasteiger partial charge in [-0.05, 0) is 86.8 Å². The average Bonchev–Trinajstić information content (AvgIpc) is 2.53. The van der Waals surface area contributed by atoms with Crippen LogP contribution >= 0.6 is 0 Å². The highest BCUT2D eigenvalue weighted by atomic mass is 19.1. The number of amides is 1. The molecule has 1 amide bonds. The van der Waals surface area contributed by atoms with Crippen LogP contribution in [0.5, 0.6) is 0 Å². The Labute approximate surface area is 142 Å². The summed E-state index contributed by atoms with van der Waals surface area (Å²) >= 11 is 0. The molecule has 0 saturated heterocycles. The Morgan fingerprint density at radius 1 is 1.25 bits per heavy atom. The highest BCUT2D eigenvalue weighted by Gasteiger charge is 2.53. The molecule has 4 aliphatic rings. The minimum Gasteiger partial charge on any atom is -0.349 e. The standard InChI is InChI=1S/C20H23FN2O/c1-12(20-8-14-4-15(9-20)6-16(5-14)10-20)23-19(24)17-3-2-13(11-22)7-18(17)21/h2-3,7,12,14-16H,4-6,8-10H2,1H3,(H,23,24)/t12-,14?,15?,16?,20?/m0/s1. The molecule has 1 N–H and O–H groups in total. The molecule has 4 saturated carbocycles. The second-order valence-electron chi connectivity index (χ2n) is 8.28. The number of benzene rings is 1. The molecule has 0 aromatic heterocycles. The third-order valence-corrected chi connectivity index (χ3v) is 6.69. The largest absolute Gasteiger partial charge is 0.349 e. The van der Waals surface area contributed by atoms with Gasteiger partial charge in [-0.3, -0.25) is 4.79 Å². The molecule has 5 rings (SSSR count). The third-order valence-electron chi connectivity index (χ3n) is 6.69. The normalized spacial score (nSPS) is 34.6. The SMILES string of the molecule is C[C@H](NC(=O)c1ccc(C#N)cc1F)C12CC3CC(CC(C3)C1)C2. The molecule has 1 atom stereocenters. The van der Waals surface area contributed by atoms with E-state index in [4.69, 9.17) is 5.26 Å². The van der Waals surface area contributed by atoms with E-state index < -0.39 is 5.82 Å². The van der Waals surface area contributed by atoms with E-state index in [-0.39, 0.29) is 28.5 Å². The molecule has 0 aliphatic heterocycles. The Bertz CT molecular complexity index is 686. The van der Waals surface area contributed by atoms with E-state index in [2.05, 4.69) is 12.2 Å². The van der Waals surface area contributed by atoms with Gasteiger partial charge < -0.3 is 5.32 Å². The summed E-state index contributed by atoms with van der Waals surface area (Å²) in [7, 11) is 0. The van der Waals surface area contributed by atoms with Crippen LogP contribution in [0.15, 0.2) is 18.2 Å². The lowest BCUT2D eigenvalue weighted by Crippen LogP contribution is -2.55. The monoisotopic (exact) mass is 326 g/mol. The molecule has 126 valence electrons. The first kappa shape index (κ1) is 15.6. The van der Waals surface area contributed by atoms with Crippen LogP contribution in [0, 0.1) is 40.3 Å². The molecule has 0 radical (unpaired) electrons. The van der Waals surface area contributed by atoms with Gasteiger partial charge in [-0.25, -0.2) is 4.39 Å². The van der Waals surface area contributed by atoms with Gasteiger partial charge in [0.15, 0.2) is 0 Å². The number of nitrogens with one attached hydrogen (secondary N) is 1. The predicted molar refractivity (Wildman–Crippen MR) is 88.6 cm³/mol. The number of hydrogen-bond donors (Lipinski definition) is 1. The fourth-order valence-corrected chi connectivity index (χ4v) is 5.90. The smallest absolute Gasteiger partial charge is 0.254 e. The van der Waals surface area contributed by atoms with Gasteiger partial charge in [0.1, 0.15) is 5.82 Å². The first-order valence-electron chi connectivity index (χ1n) is 8.99. The number of carbonyl (C=O) groups excluding carboxylic acids is 1. The minimum atomic E-state index is -0.621. The summed E-state index contributed by atoms with van der Waals surface area (Å²) in [5.74, 6) is 1.48. The van der Waals surface area contributed by atoms with E-state index in [0.29, 0.717) is 0 Å². The molecule has 4 fully saturated rings. The molecule has 1 aromatic carbocycles. The van der Waals surface area contributed by atoms with Crippen molar-refractivity contribution in [3.05, 3.63) is 35.1 Å². The Morgan fingerprint density at radius 3 is 2.33 bits per heavy atom. The summed E-state index contributed by atoms with van der Waals surface area (Å²) in [6.45, 7) is 2.09. The van der Waals surface area contributed by atoms with E-state index >= 15 is 0 Å². The van der Waals surface area contributed by atoms with Crippen molar-refractivity contribution in [3.63, 3.8) is 0 Å². The number of hydrogen-bond acceptors (Lipinski definition) is 2. The first-order valence-corrected chi connectivity index (χ1v) is 8.99. The summed E-state index contributed by atoms with van der Waals surface area (Å²) < 4.78 is 14.1. The van der Waals surface area contributed by atoms with Crippen LogP contribution in [0.25, 0.3) is 0 Å². The molecule has 4 heteroatoms. The molecule has 0 spiro atoms. The maximum atomic E-state index is 14.1. The zero-order valence-electron chi connectivity index (χ0n) is 14.0. The van der Waals surface area contributed by atoms with Crippen LogP contribution in [-0.4, -0.2) is 11.9 Å². The lowest BCUT2D eigenvalue weighted by atomic mass is 9.48. The molecule has 0 heterocycles. The highest BCUT2D eigenvalue weighted by Crippen LogP contribution is 2.61. The summed E-state index contributed by atoms with van der Waals surface area (Å²) in [5.41, 5.74) is 0.469. The first-order chi connectivity index (χ1) is 11.5. The lowest BCUT2D eigenvalue weighted by molar-refractivity contribution is -0.0688. The van der Waals surface area contributed by atoms with Crippen LogP contribution in [0.4, 0.5) is 4.39 Å².